The summed E-state index contributed by atoms with van der Waals surface area (Å²) >= 11 is 0. The van der Waals surface area contributed by atoms with Gasteiger partial charge in [0.25, 0.3) is 0 Å². The zero-order valence-electron chi connectivity index (χ0n) is 10.5. The molecular formula is C12H16ClN3O2. The maximum absolute atomic E-state index is 5.88. The van der Waals surface area contributed by atoms with Gasteiger partial charge in [-0.3, -0.25) is 0 Å². The quantitative estimate of drug-likeness (QED) is 0.926. The van der Waals surface area contributed by atoms with Gasteiger partial charge in [-0.2, -0.15) is 4.98 Å². The fourth-order valence-electron chi connectivity index (χ4n) is 1.36. The second kappa shape index (κ2) is 5.37. The Labute approximate surface area is 112 Å². The Morgan fingerprint density at radius 3 is 2.61 bits per heavy atom. The first-order valence-electron chi connectivity index (χ1n) is 5.28. The van der Waals surface area contributed by atoms with E-state index in [-0.39, 0.29) is 12.4 Å². The van der Waals surface area contributed by atoms with Crippen LogP contribution in [0.25, 0.3) is 11.4 Å². The molecule has 0 aliphatic rings. The van der Waals surface area contributed by atoms with Gasteiger partial charge in [-0.1, -0.05) is 17.3 Å². The van der Waals surface area contributed by atoms with Crippen LogP contribution in [0, 0.1) is 0 Å². The second-order valence-electron chi connectivity index (χ2n) is 4.38. The van der Waals surface area contributed by atoms with Crippen LogP contribution in [0.4, 0.5) is 0 Å². The monoisotopic (exact) mass is 269 g/mol. The van der Waals surface area contributed by atoms with Crippen molar-refractivity contribution in [2.45, 2.75) is 19.4 Å². The van der Waals surface area contributed by atoms with Gasteiger partial charge in [0.2, 0.25) is 11.7 Å². The number of methoxy groups -OCH3 is 1. The molecule has 2 N–H and O–H groups in total. The summed E-state index contributed by atoms with van der Waals surface area (Å²) in [6.45, 7) is 3.63. The minimum atomic E-state index is -0.635. The molecule has 0 fully saturated rings. The third kappa shape index (κ3) is 3.00. The molecule has 0 spiro atoms. The summed E-state index contributed by atoms with van der Waals surface area (Å²) in [5.41, 5.74) is 6.09. The zero-order chi connectivity index (χ0) is 12.5. The fraction of sp³-hybridized carbons (Fsp3) is 0.333. The van der Waals surface area contributed by atoms with E-state index in [1.165, 1.54) is 0 Å². The van der Waals surface area contributed by atoms with Gasteiger partial charge < -0.3 is 15.0 Å². The van der Waals surface area contributed by atoms with E-state index >= 15 is 0 Å². The Kier molecular flexibility index (Phi) is 4.32. The Morgan fingerprint density at radius 1 is 1.33 bits per heavy atom. The van der Waals surface area contributed by atoms with Crippen LogP contribution < -0.4 is 10.5 Å². The highest BCUT2D eigenvalue weighted by molar-refractivity contribution is 5.85. The number of hydrogen-bond acceptors (Lipinski definition) is 5. The first-order valence-corrected chi connectivity index (χ1v) is 5.28. The topological polar surface area (TPSA) is 74.2 Å². The maximum Gasteiger partial charge on any atom is 0.246 e. The van der Waals surface area contributed by atoms with Gasteiger partial charge in [0, 0.05) is 5.56 Å². The predicted octanol–water partition coefficient (Wildman–Crippen LogP) is 2.36. The van der Waals surface area contributed by atoms with Gasteiger partial charge in [-0.05, 0) is 26.0 Å². The van der Waals surface area contributed by atoms with E-state index in [0.29, 0.717) is 11.7 Å². The van der Waals surface area contributed by atoms with Crippen molar-refractivity contribution in [2.75, 3.05) is 7.11 Å². The van der Waals surface area contributed by atoms with Crippen LogP contribution in [0.2, 0.25) is 0 Å². The maximum atomic E-state index is 5.88. The smallest absolute Gasteiger partial charge is 0.246 e. The molecule has 0 radical (unpaired) electrons. The van der Waals surface area contributed by atoms with Crippen LogP contribution in [0.3, 0.4) is 0 Å². The molecule has 18 heavy (non-hydrogen) atoms. The fourth-order valence-corrected chi connectivity index (χ4v) is 1.36. The third-order valence-corrected chi connectivity index (χ3v) is 2.31. The van der Waals surface area contributed by atoms with Crippen molar-refractivity contribution in [1.29, 1.82) is 0 Å². The average Bonchev–Trinajstić information content (AvgIpc) is 2.78. The Morgan fingerprint density at radius 2 is 2.06 bits per heavy atom. The molecule has 1 aromatic heterocycles. The van der Waals surface area contributed by atoms with Crippen LogP contribution >= 0.6 is 12.4 Å². The average molecular weight is 270 g/mol. The lowest BCUT2D eigenvalue weighted by molar-refractivity contribution is 0.312. The van der Waals surface area contributed by atoms with E-state index in [1.54, 1.807) is 7.11 Å². The third-order valence-electron chi connectivity index (χ3n) is 2.31. The lowest BCUT2D eigenvalue weighted by Gasteiger charge is -2.10. The zero-order valence-corrected chi connectivity index (χ0v) is 11.3. The normalized spacial score (nSPS) is 10.9. The van der Waals surface area contributed by atoms with Crippen LogP contribution in [0.15, 0.2) is 28.8 Å². The Hall–Kier alpha value is -1.59. The van der Waals surface area contributed by atoms with Crippen molar-refractivity contribution >= 4 is 12.4 Å². The molecule has 0 saturated heterocycles. The molecule has 0 atom stereocenters. The molecule has 1 aromatic carbocycles. The molecule has 6 heteroatoms. The molecule has 98 valence electrons. The number of nitrogens with two attached hydrogens (primary N) is 1. The van der Waals surface area contributed by atoms with Gasteiger partial charge in [-0.15, -0.1) is 12.4 Å². The van der Waals surface area contributed by atoms with Gasteiger partial charge >= 0.3 is 0 Å². The lowest BCUT2D eigenvalue weighted by atomic mass is 10.1. The highest BCUT2D eigenvalue weighted by atomic mass is 35.5. The van der Waals surface area contributed by atoms with Crippen LogP contribution in [0.5, 0.6) is 5.75 Å². The van der Waals surface area contributed by atoms with Crippen LogP contribution in [-0.2, 0) is 5.54 Å². The summed E-state index contributed by atoms with van der Waals surface area (Å²) in [6, 6.07) is 7.47. The van der Waals surface area contributed by atoms with E-state index in [2.05, 4.69) is 10.1 Å². The summed E-state index contributed by atoms with van der Waals surface area (Å²) < 4.78 is 10.3. The number of aromatic nitrogens is 2. The van der Waals surface area contributed by atoms with Gasteiger partial charge in [-0.25, -0.2) is 0 Å². The highest BCUT2D eigenvalue weighted by Gasteiger charge is 2.22. The van der Waals surface area contributed by atoms with Gasteiger partial charge in [0.1, 0.15) is 5.75 Å². The van der Waals surface area contributed by atoms with E-state index in [4.69, 9.17) is 15.0 Å². The Balaban J connectivity index is 0.00000162. The molecular weight excluding hydrogens is 254 g/mol. The number of rotatable bonds is 3. The van der Waals surface area contributed by atoms with E-state index in [1.807, 2.05) is 38.1 Å². The lowest BCUT2D eigenvalue weighted by Crippen LogP contribution is -2.28. The number of nitrogens with zero attached hydrogens (tertiary/aromatic N) is 2. The van der Waals surface area contributed by atoms with Crippen LogP contribution in [0.1, 0.15) is 19.7 Å². The minimum absolute atomic E-state index is 0. The van der Waals surface area contributed by atoms with E-state index in [0.717, 1.165) is 11.3 Å². The number of benzene rings is 1. The number of ether oxygens (including phenoxy) is 1. The van der Waals surface area contributed by atoms with Crippen molar-refractivity contribution in [3.05, 3.63) is 30.2 Å². The Bertz CT molecular complexity index is 520. The predicted molar refractivity (Wildman–Crippen MR) is 70.7 cm³/mol. The molecule has 0 saturated carbocycles. The summed E-state index contributed by atoms with van der Waals surface area (Å²) in [7, 11) is 1.61. The second-order valence-corrected chi connectivity index (χ2v) is 4.38. The van der Waals surface area contributed by atoms with Crippen molar-refractivity contribution in [1.82, 2.24) is 10.1 Å². The molecule has 0 unspecified atom stereocenters. The van der Waals surface area contributed by atoms with Gasteiger partial charge in [0.05, 0.1) is 12.6 Å². The molecule has 5 nitrogen and oxygen atoms in total. The number of hydrogen-bond donors (Lipinski definition) is 1. The van der Waals surface area contributed by atoms with E-state index in [9.17, 15) is 0 Å². The van der Waals surface area contributed by atoms with Crippen molar-refractivity contribution in [3.63, 3.8) is 0 Å². The molecule has 0 aliphatic heterocycles. The summed E-state index contributed by atoms with van der Waals surface area (Å²) in [5, 5.41) is 3.91. The standard InChI is InChI=1S/C12H15N3O2.ClH/c1-12(2,13)11-14-10(15-17-11)8-5-4-6-9(7-8)16-3;/h4-7H,13H2,1-3H3;1H. The molecule has 1 heterocycles. The molecule has 0 aliphatic carbocycles. The van der Waals surface area contributed by atoms with E-state index < -0.39 is 5.54 Å². The first-order chi connectivity index (χ1) is 8.00. The largest absolute Gasteiger partial charge is 0.497 e. The summed E-state index contributed by atoms with van der Waals surface area (Å²) in [6.07, 6.45) is 0. The van der Waals surface area contributed by atoms with Crippen molar-refractivity contribution < 1.29 is 9.26 Å². The molecule has 2 aromatic rings. The molecule has 0 amide bonds. The molecule has 0 bridgehead atoms. The molecule has 2 rings (SSSR count). The summed E-state index contributed by atoms with van der Waals surface area (Å²) in [4.78, 5) is 4.27. The van der Waals surface area contributed by atoms with Crippen molar-refractivity contribution in [2.24, 2.45) is 5.73 Å². The SMILES string of the molecule is COc1cccc(-c2noc(C(C)(C)N)n2)c1.Cl. The van der Waals surface area contributed by atoms with Crippen LogP contribution in [-0.4, -0.2) is 17.3 Å². The van der Waals surface area contributed by atoms with Crippen molar-refractivity contribution in [3.8, 4) is 17.1 Å². The number of halogens is 1. The highest BCUT2D eigenvalue weighted by Crippen LogP contribution is 2.23. The van der Waals surface area contributed by atoms with Gasteiger partial charge in [0.15, 0.2) is 0 Å². The first kappa shape index (κ1) is 14.5. The summed E-state index contributed by atoms with van der Waals surface area (Å²) in [5.74, 6) is 1.67. The minimum Gasteiger partial charge on any atom is -0.497 e.